The molecule has 6 heteroatoms. The smallest absolute Gasteiger partial charge is 0.254 e. The maximum Gasteiger partial charge on any atom is 0.254 e. The quantitative estimate of drug-likeness (QED) is 0.849. The summed E-state index contributed by atoms with van der Waals surface area (Å²) in [6, 6.07) is 9.85. The van der Waals surface area contributed by atoms with Gasteiger partial charge in [-0.15, -0.1) is 0 Å². The van der Waals surface area contributed by atoms with Crippen molar-refractivity contribution in [2.24, 2.45) is 0 Å². The first-order valence-electron chi connectivity index (χ1n) is 9.32. The molecular formula is C20H25N5O. The number of rotatable bonds is 3. The Bertz CT molecular complexity index is 810. The lowest BCUT2D eigenvalue weighted by molar-refractivity contribution is 0.0746. The van der Waals surface area contributed by atoms with Gasteiger partial charge >= 0.3 is 0 Å². The highest BCUT2D eigenvalue weighted by molar-refractivity contribution is 5.95. The van der Waals surface area contributed by atoms with E-state index in [1.165, 1.54) is 6.42 Å². The summed E-state index contributed by atoms with van der Waals surface area (Å²) in [5.41, 5.74) is 2.83. The minimum absolute atomic E-state index is 0.128. The number of benzene rings is 1. The van der Waals surface area contributed by atoms with E-state index < -0.39 is 0 Å². The predicted molar refractivity (Wildman–Crippen MR) is 103 cm³/mol. The number of carbonyl (C=O) groups excluding carboxylic acids is 1. The van der Waals surface area contributed by atoms with E-state index in [0.29, 0.717) is 0 Å². The molecule has 0 spiro atoms. The zero-order valence-corrected chi connectivity index (χ0v) is 15.5. The number of carbonyl (C=O) groups is 1. The lowest BCUT2D eigenvalue weighted by Crippen LogP contribution is -2.49. The molecule has 0 bridgehead atoms. The van der Waals surface area contributed by atoms with Gasteiger partial charge in [-0.2, -0.15) is 4.98 Å². The third kappa shape index (κ3) is 3.23. The number of aryl methyl sites for hydroxylation is 2. The predicted octanol–water partition coefficient (Wildman–Crippen LogP) is 2.27. The Morgan fingerprint density at radius 1 is 0.923 bits per heavy atom. The van der Waals surface area contributed by atoms with Crippen molar-refractivity contribution in [1.82, 2.24) is 14.9 Å². The number of nitrogens with zero attached hydrogens (tertiary/aromatic N) is 5. The van der Waals surface area contributed by atoms with Gasteiger partial charge in [-0.05, 0) is 31.9 Å². The maximum atomic E-state index is 12.8. The highest BCUT2D eigenvalue weighted by atomic mass is 16.2. The van der Waals surface area contributed by atoms with Crippen LogP contribution in [0.3, 0.4) is 0 Å². The molecule has 2 saturated heterocycles. The molecule has 6 nitrogen and oxygen atoms in total. The van der Waals surface area contributed by atoms with E-state index >= 15 is 0 Å². The number of hydrogen-bond acceptors (Lipinski definition) is 5. The van der Waals surface area contributed by atoms with Crippen molar-refractivity contribution < 1.29 is 4.79 Å². The summed E-state index contributed by atoms with van der Waals surface area (Å²) >= 11 is 0. The lowest BCUT2D eigenvalue weighted by atomic mass is 10.1. The van der Waals surface area contributed by atoms with Crippen LogP contribution in [0, 0.1) is 13.8 Å². The molecule has 2 aliphatic heterocycles. The molecular weight excluding hydrogens is 326 g/mol. The number of piperazine rings is 1. The molecule has 0 aliphatic carbocycles. The van der Waals surface area contributed by atoms with Crippen LogP contribution < -0.4 is 9.80 Å². The van der Waals surface area contributed by atoms with E-state index in [1.54, 1.807) is 0 Å². The normalized spacial score (nSPS) is 17.2. The van der Waals surface area contributed by atoms with E-state index in [4.69, 9.17) is 4.98 Å². The van der Waals surface area contributed by atoms with Crippen LogP contribution in [0.2, 0.25) is 0 Å². The molecule has 1 amide bonds. The second kappa shape index (κ2) is 6.94. The summed E-state index contributed by atoms with van der Waals surface area (Å²) in [6.45, 7) is 9.13. The Labute approximate surface area is 154 Å². The standard InChI is InChI=1S/C20H25N5O/c1-15-6-3-4-7-17(15)19(26)24-12-10-23(11-13-24)18-14-16(2)21-20(22-18)25-8-5-9-25/h3-4,6-7,14H,5,8-13H2,1-2H3. The molecule has 0 atom stereocenters. The molecule has 136 valence electrons. The topological polar surface area (TPSA) is 52.6 Å². The van der Waals surface area contributed by atoms with Crippen LogP contribution in [-0.4, -0.2) is 60.0 Å². The summed E-state index contributed by atoms with van der Waals surface area (Å²) in [7, 11) is 0. The molecule has 0 saturated carbocycles. The molecule has 26 heavy (non-hydrogen) atoms. The third-order valence-corrected chi connectivity index (χ3v) is 5.23. The molecule has 1 aromatic carbocycles. The van der Waals surface area contributed by atoms with Crippen molar-refractivity contribution in [3.05, 3.63) is 47.2 Å². The fraction of sp³-hybridized carbons (Fsp3) is 0.450. The monoisotopic (exact) mass is 351 g/mol. The van der Waals surface area contributed by atoms with E-state index in [-0.39, 0.29) is 5.91 Å². The Morgan fingerprint density at radius 2 is 1.65 bits per heavy atom. The van der Waals surface area contributed by atoms with Crippen molar-refractivity contribution in [1.29, 1.82) is 0 Å². The molecule has 2 fully saturated rings. The zero-order chi connectivity index (χ0) is 18.1. The van der Waals surface area contributed by atoms with Gasteiger partial charge < -0.3 is 14.7 Å². The van der Waals surface area contributed by atoms with E-state index in [2.05, 4.69) is 14.8 Å². The lowest BCUT2D eigenvalue weighted by Gasteiger charge is -2.37. The average molecular weight is 351 g/mol. The minimum atomic E-state index is 0.128. The van der Waals surface area contributed by atoms with Gasteiger partial charge in [0.15, 0.2) is 0 Å². The van der Waals surface area contributed by atoms with Crippen molar-refractivity contribution >= 4 is 17.7 Å². The molecule has 2 aromatic rings. The Balaban J connectivity index is 1.44. The van der Waals surface area contributed by atoms with Gasteiger partial charge in [-0.25, -0.2) is 4.98 Å². The number of aromatic nitrogens is 2. The van der Waals surface area contributed by atoms with Crippen LogP contribution in [0.4, 0.5) is 11.8 Å². The third-order valence-electron chi connectivity index (χ3n) is 5.23. The van der Waals surface area contributed by atoms with Crippen molar-refractivity contribution in [2.45, 2.75) is 20.3 Å². The Kier molecular flexibility index (Phi) is 4.49. The van der Waals surface area contributed by atoms with Crippen LogP contribution in [-0.2, 0) is 0 Å². The fourth-order valence-corrected chi connectivity index (χ4v) is 3.48. The van der Waals surface area contributed by atoms with Gasteiger partial charge in [0.1, 0.15) is 5.82 Å². The van der Waals surface area contributed by atoms with Gasteiger partial charge in [-0.1, -0.05) is 18.2 Å². The van der Waals surface area contributed by atoms with E-state index in [1.807, 2.05) is 49.1 Å². The summed E-state index contributed by atoms with van der Waals surface area (Å²) in [6.07, 6.45) is 1.21. The number of amides is 1. The largest absolute Gasteiger partial charge is 0.353 e. The summed E-state index contributed by atoms with van der Waals surface area (Å²) < 4.78 is 0. The fourth-order valence-electron chi connectivity index (χ4n) is 3.48. The molecule has 0 N–H and O–H groups in total. The Hall–Kier alpha value is -2.63. The highest BCUT2D eigenvalue weighted by Gasteiger charge is 2.25. The van der Waals surface area contributed by atoms with Crippen LogP contribution >= 0.6 is 0 Å². The number of anilines is 2. The molecule has 3 heterocycles. The molecule has 0 radical (unpaired) electrons. The van der Waals surface area contributed by atoms with E-state index in [9.17, 15) is 4.79 Å². The molecule has 4 rings (SSSR count). The molecule has 2 aliphatic rings. The number of hydrogen-bond donors (Lipinski definition) is 0. The second-order valence-electron chi connectivity index (χ2n) is 7.10. The Morgan fingerprint density at radius 3 is 2.31 bits per heavy atom. The summed E-state index contributed by atoms with van der Waals surface area (Å²) in [4.78, 5) is 28.5. The highest BCUT2D eigenvalue weighted by Crippen LogP contribution is 2.22. The summed E-state index contributed by atoms with van der Waals surface area (Å²) in [5.74, 6) is 1.94. The molecule has 1 aromatic heterocycles. The summed E-state index contributed by atoms with van der Waals surface area (Å²) in [5, 5.41) is 0. The maximum absolute atomic E-state index is 12.8. The zero-order valence-electron chi connectivity index (χ0n) is 15.5. The average Bonchev–Trinajstić information content (AvgIpc) is 2.60. The van der Waals surface area contributed by atoms with Crippen LogP contribution in [0.15, 0.2) is 30.3 Å². The van der Waals surface area contributed by atoms with Gasteiger partial charge in [0.25, 0.3) is 5.91 Å². The first-order chi connectivity index (χ1) is 12.6. The van der Waals surface area contributed by atoms with Gasteiger partial charge in [0.2, 0.25) is 5.95 Å². The van der Waals surface area contributed by atoms with E-state index in [0.717, 1.165) is 67.9 Å². The second-order valence-corrected chi connectivity index (χ2v) is 7.10. The van der Waals surface area contributed by atoms with Gasteiger partial charge in [0, 0.05) is 56.6 Å². The molecule has 0 unspecified atom stereocenters. The van der Waals surface area contributed by atoms with Crippen LogP contribution in [0.5, 0.6) is 0 Å². The van der Waals surface area contributed by atoms with Crippen LogP contribution in [0.1, 0.15) is 28.0 Å². The van der Waals surface area contributed by atoms with Crippen molar-refractivity contribution in [3.63, 3.8) is 0 Å². The van der Waals surface area contributed by atoms with Crippen LogP contribution in [0.25, 0.3) is 0 Å². The first kappa shape index (κ1) is 16.8. The van der Waals surface area contributed by atoms with Gasteiger partial charge in [-0.3, -0.25) is 4.79 Å². The minimum Gasteiger partial charge on any atom is -0.353 e. The van der Waals surface area contributed by atoms with Crippen molar-refractivity contribution in [3.8, 4) is 0 Å². The SMILES string of the molecule is Cc1cc(N2CCN(C(=O)c3ccccc3C)CC2)nc(N2CCC2)n1. The first-order valence-corrected chi connectivity index (χ1v) is 9.32. The van der Waals surface area contributed by atoms with Gasteiger partial charge in [0.05, 0.1) is 0 Å². The van der Waals surface area contributed by atoms with Crippen molar-refractivity contribution in [2.75, 3.05) is 49.1 Å².